The van der Waals surface area contributed by atoms with Crippen LogP contribution in [0, 0.1) is 5.82 Å². The van der Waals surface area contributed by atoms with Crippen molar-refractivity contribution in [3.63, 3.8) is 0 Å². The van der Waals surface area contributed by atoms with Gasteiger partial charge in [-0.15, -0.1) is 13.2 Å². The standard InChI is InChI=1S/C11H11F4NO5S/c1-6(10(17)18)16(2)22(19,20)8-5-3-4-7(9(8)12)21-11(13,14)15/h3-6H,1-2H3,(H,17,18). The van der Waals surface area contributed by atoms with E-state index in [1.165, 1.54) is 0 Å². The van der Waals surface area contributed by atoms with Crippen molar-refractivity contribution < 1.29 is 40.6 Å². The minimum absolute atomic E-state index is 0.325. The van der Waals surface area contributed by atoms with Crippen LogP contribution in [0.25, 0.3) is 0 Å². The number of halogens is 4. The first-order valence-corrected chi connectivity index (χ1v) is 7.07. The van der Waals surface area contributed by atoms with Crippen molar-refractivity contribution in [1.82, 2.24) is 4.31 Å². The van der Waals surface area contributed by atoms with Gasteiger partial charge < -0.3 is 9.84 Å². The number of carboxylic acids is 1. The Labute approximate surface area is 123 Å². The van der Waals surface area contributed by atoms with Crippen LogP contribution >= 0.6 is 0 Å². The summed E-state index contributed by atoms with van der Waals surface area (Å²) in [6, 6.07) is 0.606. The van der Waals surface area contributed by atoms with Gasteiger partial charge in [0.15, 0.2) is 11.6 Å². The number of hydrogen-bond donors (Lipinski definition) is 1. The number of aliphatic carboxylic acids is 1. The maximum atomic E-state index is 13.9. The molecule has 124 valence electrons. The molecule has 0 fully saturated rings. The molecule has 1 aromatic carbocycles. The molecule has 22 heavy (non-hydrogen) atoms. The Morgan fingerprint density at radius 3 is 2.36 bits per heavy atom. The van der Waals surface area contributed by atoms with E-state index in [9.17, 15) is 30.8 Å². The van der Waals surface area contributed by atoms with E-state index in [0.717, 1.165) is 20.0 Å². The molecule has 0 saturated carbocycles. The molecule has 1 unspecified atom stereocenters. The van der Waals surface area contributed by atoms with Gasteiger partial charge >= 0.3 is 12.3 Å². The first kappa shape index (κ1) is 18.2. The third-order valence-corrected chi connectivity index (χ3v) is 4.66. The second-order valence-electron chi connectivity index (χ2n) is 4.15. The zero-order chi connectivity index (χ0) is 17.3. The summed E-state index contributed by atoms with van der Waals surface area (Å²) in [6.07, 6.45) is -5.20. The molecule has 0 bridgehead atoms. The summed E-state index contributed by atoms with van der Waals surface area (Å²) in [6.45, 7) is 1.02. The van der Waals surface area contributed by atoms with E-state index in [4.69, 9.17) is 5.11 Å². The highest BCUT2D eigenvalue weighted by Gasteiger charge is 2.36. The number of hydrogen-bond acceptors (Lipinski definition) is 4. The SMILES string of the molecule is CC(C(=O)O)N(C)S(=O)(=O)c1cccc(OC(F)(F)F)c1F. The van der Waals surface area contributed by atoms with Crippen molar-refractivity contribution in [2.45, 2.75) is 24.2 Å². The van der Waals surface area contributed by atoms with E-state index >= 15 is 0 Å². The Morgan fingerprint density at radius 1 is 1.36 bits per heavy atom. The van der Waals surface area contributed by atoms with Crippen LogP contribution in [0.1, 0.15) is 6.92 Å². The van der Waals surface area contributed by atoms with Crippen LogP contribution < -0.4 is 4.74 Å². The third-order valence-electron chi connectivity index (χ3n) is 2.71. The highest BCUT2D eigenvalue weighted by Crippen LogP contribution is 2.30. The van der Waals surface area contributed by atoms with Crippen LogP contribution in [0.3, 0.4) is 0 Å². The summed E-state index contributed by atoms with van der Waals surface area (Å²) in [5.74, 6) is -4.59. The first-order valence-electron chi connectivity index (χ1n) is 5.63. The second-order valence-corrected chi connectivity index (χ2v) is 6.12. The van der Waals surface area contributed by atoms with E-state index in [1.807, 2.05) is 0 Å². The molecular formula is C11H11F4NO5S. The Morgan fingerprint density at radius 2 is 1.91 bits per heavy atom. The predicted octanol–water partition coefficient (Wildman–Crippen LogP) is 1.82. The van der Waals surface area contributed by atoms with Gasteiger partial charge in [0.2, 0.25) is 10.0 Å². The summed E-state index contributed by atoms with van der Waals surface area (Å²) in [5, 5.41) is 8.77. The minimum atomic E-state index is -5.20. The molecule has 0 aromatic heterocycles. The molecule has 1 N–H and O–H groups in total. The highest BCUT2D eigenvalue weighted by atomic mass is 32.2. The number of carboxylic acid groups (broad SMARTS) is 1. The molecule has 1 aromatic rings. The van der Waals surface area contributed by atoms with Gasteiger partial charge in [-0.2, -0.15) is 4.31 Å². The van der Waals surface area contributed by atoms with E-state index in [1.54, 1.807) is 0 Å². The molecule has 0 radical (unpaired) electrons. The van der Waals surface area contributed by atoms with Crippen molar-refractivity contribution in [1.29, 1.82) is 0 Å². The summed E-state index contributed by atoms with van der Waals surface area (Å²) in [7, 11) is -3.80. The number of carbonyl (C=O) groups is 1. The minimum Gasteiger partial charge on any atom is -0.480 e. The molecule has 0 saturated heterocycles. The lowest BCUT2D eigenvalue weighted by Crippen LogP contribution is -2.40. The van der Waals surface area contributed by atoms with Gasteiger partial charge in [0, 0.05) is 7.05 Å². The number of sulfonamides is 1. The molecule has 0 aliphatic heterocycles. The van der Waals surface area contributed by atoms with Crippen LogP contribution in [-0.4, -0.2) is 43.3 Å². The Hall–Kier alpha value is -1.88. The monoisotopic (exact) mass is 345 g/mol. The number of benzene rings is 1. The third kappa shape index (κ3) is 3.85. The van der Waals surface area contributed by atoms with Crippen LogP contribution in [-0.2, 0) is 14.8 Å². The largest absolute Gasteiger partial charge is 0.573 e. The lowest BCUT2D eigenvalue weighted by Gasteiger charge is -2.21. The second kappa shape index (κ2) is 6.08. The summed E-state index contributed by atoms with van der Waals surface area (Å²) in [5.41, 5.74) is 0. The van der Waals surface area contributed by atoms with Crippen molar-refractivity contribution >= 4 is 16.0 Å². The lowest BCUT2D eigenvalue weighted by atomic mass is 10.3. The Balaban J connectivity index is 3.32. The first-order chi connectivity index (χ1) is 9.88. The molecule has 0 aliphatic rings. The molecule has 0 aliphatic carbocycles. The molecule has 0 amide bonds. The smallest absolute Gasteiger partial charge is 0.480 e. The van der Waals surface area contributed by atoms with Gasteiger partial charge in [0.05, 0.1) is 0 Å². The zero-order valence-electron chi connectivity index (χ0n) is 11.3. The van der Waals surface area contributed by atoms with Crippen LogP contribution in [0.15, 0.2) is 23.1 Å². The van der Waals surface area contributed by atoms with Gasteiger partial charge in [-0.05, 0) is 19.1 Å². The van der Waals surface area contributed by atoms with Gasteiger partial charge in [0.25, 0.3) is 0 Å². The van der Waals surface area contributed by atoms with Crippen molar-refractivity contribution in [3.8, 4) is 5.75 Å². The van der Waals surface area contributed by atoms with Gasteiger partial charge in [-0.1, -0.05) is 6.07 Å². The molecule has 11 heteroatoms. The molecular weight excluding hydrogens is 334 g/mol. The number of rotatable bonds is 5. The van der Waals surface area contributed by atoms with Crippen LogP contribution in [0.4, 0.5) is 17.6 Å². The Kier molecular flexibility index (Phi) is 5.03. The lowest BCUT2D eigenvalue weighted by molar-refractivity contribution is -0.275. The number of nitrogens with zero attached hydrogens (tertiary/aromatic N) is 1. The fraction of sp³-hybridized carbons (Fsp3) is 0.364. The highest BCUT2D eigenvalue weighted by molar-refractivity contribution is 7.89. The molecule has 1 atom stereocenters. The normalized spacial score (nSPS) is 14.0. The predicted molar refractivity (Wildman–Crippen MR) is 65.1 cm³/mol. The number of ether oxygens (including phenoxy) is 1. The number of likely N-dealkylation sites (N-methyl/N-ethyl adjacent to an activating group) is 1. The number of alkyl halides is 3. The molecule has 6 nitrogen and oxygen atoms in total. The maximum absolute atomic E-state index is 13.9. The quantitative estimate of drug-likeness (QED) is 0.823. The fourth-order valence-corrected chi connectivity index (χ4v) is 2.81. The zero-order valence-corrected chi connectivity index (χ0v) is 12.1. The molecule has 0 heterocycles. The van der Waals surface area contributed by atoms with Gasteiger partial charge in [0.1, 0.15) is 10.9 Å². The van der Waals surface area contributed by atoms with Crippen LogP contribution in [0.2, 0.25) is 0 Å². The van der Waals surface area contributed by atoms with E-state index in [2.05, 4.69) is 4.74 Å². The van der Waals surface area contributed by atoms with Crippen molar-refractivity contribution in [2.24, 2.45) is 0 Å². The Bertz CT molecular complexity index is 674. The van der Waals surface area contributed by atoms with Crippen molar-refractivity contribution in [3.05, 3.63) is 24.0 Å². The summed E-state index contributed by atoms with van der Waals surface area (Å²) >= 11 is 0. The summed E-state index contributed by atoms with van der Waals surface area (Å²) in [4.78, 5) is 9.66. The van der Waals surface area contributed by atoms with Gasteiger partial charge in [-0.25, -0.2) is 12.8 Å². The summed E-state index contributed by atoms with van der Waals surface area (Å²) < 4.78 is 78.2. The van der Waals surface area contributed by atoms with Gasteiger partial charge in [-0.3, -0.25) is 4.79 Å². The van der Waals surface area contributed by atoms with Crippen molar-refractivity contribution in [2.75, 3.05) is 7.05 Å². The fourth-order valence-electron chi connectivity index (χ4n) is 1.41. The molecule has 0 spiro atoms. The van der Waals surface area contributed by atoms with E-state index < -0.39 is 44.9 Å². The van der Waals surface area contributed by atoms with E-state index in [-0.39, 0.29) is 0 Å². The average molecular weight is 345 g/mol. The van der Waals surface area contributed by atoms with Crippen LogP contribution in [0.5, 0.6) is 5.75 Å². The van der Waals surface area contributed by atoms with E-state index in [0.29, 0.717) is 16.4 Å². The molecule has 1 rings (SSSR count). The maximum Gasteiger partial charge on any atom is 0.573 e. The topological polar surface area (TPSA) is 83.9 Å². The average Bonchev–Trinajstić information content (AvgIpc) is 2.37.